The van der Waals surface area contributed by atoms with Crippen LogP contribution in [0.3, 0.4) is 0 Å². The Labute approximate surface area is 171 Å². The largest absolute Gasteiger partial charge is 0.504 e. The zero-order chi connectivity index (χ0) is 20.5. The molecule has 0 unspecified atom stereocenters. The normalized spacial score (nSPS) is 20.2. The number of phenolic OH excluding ortho intramolecular Hbond substituents is 1. The maximum atomic E-state index is 12.2. The van der Waals surface area contributed by atoms with Crippen LogP contribution in [-0.4, -0.2) is 25.3 Å². The molecule has 5 heteroatoms. The number of methoxy groups -OCH3 is 2. The van der Waals surface area contributed by atoms with Crippen LogP contribution in [0.15, 0.2) is 36.4 Å². The Kier molecular flexibility index (Phi) is 5.39. The lowest BCUT2D eigenvalue weighted by Gasteiger charge is -2.29. The van der Waals surface area contributed by atoms with Crippen molar-refractivity contribution in [2.75, 3.05) is 14.2 Å². The second kappa shape index (κ2) is 7.97. The van der Waals surface area contributed by atoms with Crippen LogP contribution < -0.4 is 9.47 Å². The molecule has 1 N–H and O–H groups in total. The van der Waals surface area contributed by atoms with Crippen molar-refractivity contribution in [1.29, 1.82) is 0 Å². The number of aryl methyl sites for hydroxylation is 1. The number of fused-ring (bicyclic) bond motifs is 1. The van der Waals surface area contributed by atoms with Gasteiger partial charge >= 0.3 is 5.97 Å². The van der Waals surface area contributed by atoms with E-state index in [9.17, 15) is 9.90 Å². The molecule has 0 saturated heterocycles. The van der Waals surface area contributed by atoms with Crippen LogP contribution in [0.2, 0.25) is 0 Å². The molecular formula is C24H28O5. The van der Waals surface area contributed by atoms with Gasteiger partial charge in [0.05, 0.1) is 20.1 Å². The third-order valence-electron chi connectivity index (χ3n) is 6.24. The van der Waals surface area contributed by atoms with Gasteiger partial charge in [-0.3, -0.25) is 4.79 Å². The Morgan fingerprint density at radius 1 is 1.14 bits per heavy atom. The van der Waals surface area contributed by atoms with Crippen LogP contribution in [0.5, 0.6) is 17.2 Å². The number of carbonyl (C=O) groups excluding carboxylic acids is 1. The molecular weight excluding hydrogens is 368 g/mol. The van der Waals surface area contributed by atoms with E-state index in [-0.39, 0.29) is 29.7 Å². The van der Waals surface area contributed by atoms with E-state index in [0.29, 0.717) is 11.7 Å². The third kappa shape index (κ3) is 3.91. The Morgan fingerprint density at radius 3 is 2.62 bits per heavy atom. The molecule has 1 aliphatic carbocycles. The summed E-state index contributed by atoms with van der Waals surface area (Å²) >= 11 is 0. The highest BCUT2D eigenvalue weighted by molar-refractivity contribution is 5.73. The highest BCUT2D eigenvalue weighted by Crippen LogP contribution is 2.48. The molecule has 2 aromatic carbocycles. The number of benzene rings is 2. The minimum atomic E-state index is -0.175. The van der Waals surface area contributed by atoms with Crippen LogP contribution in [0.4, 0.5) is 0 Å². The zero-order valence-electron chi connectivity index (χ0n) is 17.2. The first-order valence-corrected chi connectivity index (χ1v) is 10.3. The van der Waals surface area contributed by atoms with Gasteiger partial charge in [-0.1, -0.05) is 25.1 Å². The number of hydrogen-bond donors (Lipinski definition) is 1. The van der Waals surface area contributed by atoms with Gasteiger partial charge in [-0.2, -0.15) is 0 Å². The summed E-state index contributed by atoms with van der Waals surface area (Å²) in [4.78, 5) is 12.2. The van der Waals surface area contributed by atoms with E-state index < -0.39 is 0 Å². The molecule has 5 nitrogen and oxygen atoms in total. The summed E-state index contributed by atoms with van der Waals surface area (Å²) in [5, 5.41) is 9.86. The second-order valence-electron chi connectivity index (χ2n) is 8.12. The molecule has 1 heterocycles. The van der Waals surface area contributed by atoms with E-state index in [2.05, 4.69) is 18.2 Å². The molecule has 2 aromatic rings. The van der Waals surface area contributed by atoms with Crippen LogP contribution in [0.25, 0.3) is 0 Å². The molecule has 1 saturated carbocycles. The lowest BCUT2D eigenvalue weighted by molar-refractivity contribution is -0.145. The van der Waals surface area contributed by atoms with Crippen molar-refractivity contribution in [3.05, 3.63) is 53.1 Å². The molecule has 0 bridgehead atoms. The third-order valence-corrected chi connectivity index (χ3v) is 6.24. The smallest absolute Gasteiger partial charge is 0.309 e. The zero-order valence-corrected chi connectivity index (χ0v) is 17.2. The SMILES string of the molecule is COC(=O)[C@@H](C)[C@H](c1ccc2c(c1)O[C@@H](c1ccc(O)c(OC)c1)CC2)C1CC1. The summed E-state index contributed by atoms with van der Waals surface area (Å²) in [5.41, 5.74) is 3.32. The fourth-order valence-electron chi connectivity index (χ4n) is 4.48. The number of ether oxygens (including phenoxy) is 3. The van der Waals surface area contributed by atoms with E-state index in [4.69, 9.17) is 14.2 Å². The molecule has 1 fully saturated rings. The van der Waals surface area contributed by atoms with Crippen molar-refractivity contribution in [2.24, 2.45) is 11.8 Å². The predicted molar refractivity (Wildman–Crippen MR) is 109 cm³/mol. The quantitative estimate of drug-likeness (QED) is 0.713. The Bertz CT molecular complexity index is 902. The Hall–Kier alpha value is -2.69. The minimum absolute atomic E-state index is 0.0929. The summed E-state index contributed by atoms with van der Waals surface area (Å²) in [7, 11) is 3.00. The molecule has 0 aromatic heterocycles. The lowest BCUT2D eigenvalue weighted by atomic mass is 9.82. The van der Waals surface area contributed by atoms with Gasteiger partial charge in [0.1, 0.15) is 11.9 Å². The molecule has 4 rings (SSSR count). The minimum Gasteiger partial charge on any atom is -0.504 e. The van der Waals surface area contributed by atoms with E-state index in [1.54, 1.807) is 13.2 Å². The first-order chi connectivity index (χ1) is 14.0. The number of phenols is 1. The Balaban J connectivity index is 1.60. The number of rotatable bonds is 6. The standard InChI is InChI=1S/C24H28O5/c1-14(24(26)28-3)23(16-5-6-16)18-7-4-15-9-11-20(29-21(15)13-18)17-8-10-19(25)22(12-17)27-2/h4,7-8,10,12-14,16,20,23,25H,5-6,9,11H2,1-3H3/t14-,20+,23-/m0/s1. The van der Waals surface area contributed by atoms with Gasteiger partial charge in [0.2, 0.25) is 0 Å². The van der Waals surface area contributed by atoms with Gasteiger partial charge in [-0.25, -0.2) is 0 Å². The Morgan fingerprint density at radius 2 is 1.93 bits per heavy atom. The number of esters is 1. The molecule has 154 valence electrons. The summed E-state index contributed by atoms with van der Waals surface area (Å²) in [5.74, 6) is 1.81. The summed E-state index contributed by atoms with van der Waals surface area (Å²) in [6, 6.07) is 11.8. The molecule has 1 aliphatic heterocycles. The van der Waals surface area contributed by atoms with Gasteiger partial charge in [0.25, 0.3) is 0 Å². The number of carbonyl (C=O) groups is 1. The molecule has 0 amide bonds. The van der Waals surface area contributed by atoms with Crippen LogP contribution in [0, 0.1) is 11.8 Å². The summed E-state index contributed by atoms with van der Waals surface area (Å²) in [6.45, 7) is 1.96. The first-order valence-electron chi connectivity index (χ1n) is 10.3. The summed E-state index contributed by atoms with van der Waals surface area (Å²) < 4.78 is 16.6. The van der Waals surface area contributed by atoms with Crippen molar-refractivity contribution in [2.45, 2.75) is 44.6 Å². The second-order valence-corrected chi connectivity index (χ2v) is 8.12. The number of hydrogen-bond acceptors (Lipinski definition) is 5. The van der Waals surface area contributed by atoms with Gasteiger partial charge in [-0.05, 0) is 72.4 Å². The maximum absolute atomic E-state index is 12.2. The van der Waals surface area contributed by atoms with E-state index in [0.717, 1.165) is 42.6 Å². The number of aromatic hydroxyl groups is 1. The highest BCUT2D eigenvalue weighted by atomic mass is 16.5. The van der Waals surface area contributed by atoms with Crippen LogP contribution >= 0.6 is 0 Å². The van der Waals surface area contributed by atoms with Crippen molar-refractivity contribution in [1.82, 2.24) is 0 Å². The highest BCUT2D eigenvalue weighted by Gasteiger charge is 2.39. The fourth-order valence-corrected chi connectivity index (χ4v) is 4.48. The average molecular weight is 396 g/mol. The van der Waals surface area contributed by atoms with Gasteiger partial charge in [0, 0.05) is 0 Å². The van der Waals surface area contributed by atoms with E-state index >= 15 is 0 Å². The van der Waals surface area contributed by atoms with E-state index in [1.807, 2.05) is 19.1 Å². The van der Waals surface area contributed by atoms with Gasteiger partial charge < -0.3 is 19.3 Å². The lowest BCUT2D eigenvalue weighted by Crippen LogP contribution is -2.23. The van der Waals surface area contributed by atoms with Gasteiger partial charge in [0.15, 0.2) is 11.5 Å². The maximum Gasteiger partial charge on any atom is 0.309 e. The van der Waals surface area contributed by atoms with Crippen molar-refractivity contribution < 1.29 is 24.1 Å². The predicted octanol–water partition coefficient (Wildman–Crippen LogP) is 4.77. The average Bonchev–Trinajstić information content (AvgIpc) is 3.58. The monoisotopic (exact) mass is 396 g/mol. The molecule has 2 aliphatic rings. The van der Waals surface area contributed by atoms with Gasteiger partial charge in [-0.15, -0.1) is 0 Å². The van der Waals surface area contributed by atoms with Crippen LogP contribution in [-0.2, 0) is 16.0 Å². The van der Waals surface area contributed by atoms with Crippen molar-refractivity contribution >= 4 is 5.97 Å². The van der Waals surface area contributed by atoms with Crippen LogP contribution in [0.1, 0.15) is 54.9 Å². The molecule has 0 radical (unpaired) electrons. The first kappa shape index (κ1) is 19.6. The topological polar surface area (TPSA) is 65.0 Å². The molecule has 0 spiro atoms. The molecule has 3 atom stereocenters. The molecule has 29 heavy (non-hydrogen) atoms. The van der Waals surface area contributed by atoms with E-state index in [1.165, 1.54) is 12.7 Å². The fraction of sp³-hybridized carbons (Fsp3) is 0.458. The van der Waals surface area contributed by atoms with Crippen molar-refractivity contribution in [3.8, 4) is 17.2 Å². The summed E-state index contributed by atoms with van der Waals surface area (Å²) in [6.07, 6.45) is 4.00. The van der Waals surface area contributed by atoms with Crippen molar-refractivity contribution in [3.63, 3.8) is 0 Å².